The predicted octanol–water partition coefficient (Wildman–Crippen LogP) is 2.22. The summed E-state index contributed by atoms with van der Waals surface area (Å²) < 4.78 is 5.37. The SMILES string of the molecule is CCCCCC(=O)N1CCN(C(=O)CNC(=O)c2cc(OC)c3ccccc3n2)CC1. The number of rotatable bonds is 8. The van der Waals surface area contributed by atoms with Crippen LogP contribution in [-0.2, 0) is 9.59 Å². The van der Waals surface area contributed by atoms with Crippen LogP contribution in [-0.4, -0.2) is 72.3 Å². The second-order valence-electron chi connectivity index (χ2n) is 7.63. The fraction of sp³-hybridized carbons (Fsp3) is 0.478. The number of hydrogen-bond donors (Lipinski definition) is 1. The number of nitrogens with zero attached hydrogens (tertiary/aromatic N) is 3. The Labute approximate surface area is 182 Å². The first kappa shape index (κ1) is 22.5. The fourth-order valence-corrected chi connectivity index (χ4v) is 3.68. The summed E-state index contributed by atoms with van der Waals surface area (Å²) in [6.07, 6.45) is 3.62. The molecule has 1 N–H and O–H groups in total. The molecule has 3 amide bonds. The highest BCUT2D eigenvalue weighted by Crippen LogP contribution is 2.24. The van der Waals surface area contributed by atoms with E-state index < -0.39 is 5.91 Å². The van der Waals surface area contributed by atoms with Gasteiger partial charge in [-0.3, -0.25) is 14.4 Å². The third-order valence-electron chi connectivity index (χ3n) is 5.51. The van der Waals surface area contributed by atoms with E-state index in [0.29, 0.717) is 43.9 Å². The average molecular weight is 427 g/mol. The van der Waals surface area contributed by atoms with Gasteiger partial charge in [0.1, 0.15) is 11.4 Å². The van der Waals surface area contributed by atoms with Crippen molar-refractivity contribution in [1.29, 1.82) is 0 Å². The molecule has 8 heteroatoms. The van der Waals surface area contributed by atoms with Gasteiger partial charge in [-0.2, -0.15) is 0 Å². The molecule has 0 bridgehead atoms. The highest BCUT2D eigenvalue weighted by atomic mass is 16.5. The van der Waals surface area contributed by atoms with Gasteiger partial charge in [0.05, 0.1) is 19.2 Å². The van der Waals surface area contributed by atoms with E-state index in [0.717, 1.165) is 24.6 Å². The molecule has 1 aliphatic heterocycles. The van der Waals surface area contributed by atoms with E-state index in [1.807, 2.05) is 29.2 Å². The number of pyridine rings is 1. The molecular formula is C23H30N4O4. The highest BCUT2D eigenvalue weighted by molar-refractivity contribution is 5.98. The number of methoxy groups -OCH3 is 1. The van der Waals surface area contributed by atoms with E-state index >= 15 is 0 Å². The van der Waals surface area contributed by atoms with Crippen LogP contribution in [0.1, 0.15) is 43.1 Å². The number of aromatic nitrogens is 1. The number of nitrogens with one attached hydrogen (secondary N) is 1. The molecule has 2 aromatic rings. The van der Waals surface area contributed by atoms with Crippen molar-refractivity contribution in [2.24, 2.45) is 0 Å². The maximum atomic E-state index is 12.6. The fourth-order valence-electron chi connectivity index (χ4n) is 3.68. The van der Waals surface area contributed by atoms with Crippen molar-refractivity contribution >= 4 is 28.6 Å². The second kappa shape index (κ2) is 10.7. The summed E-state index contributed by atoms with van der Waals surface area (Å²) >= 11 is 0. The van der Waals surface area contributed by atoms with Crippen molar-refractivity contribution < 1.29 is 19.1 Å². The normalized spacial score (nSPS) is 13.9. The molecule has 0 atom stereocenters. The Morgan fingerprint density at radius 3 is 2.39 bits per heavy atom. The summed E-state index contributed by atoms with van der Waals surface area (Å²) in [4.78, 5) is 45.2. The first-order valence-electron chi connectivity index (χ1n) is 10.8. The average Bonchev–Trinajstić information content (AvgIpc) is 2.81. The second-order valence-corrected chi connectivity index (χ2v) is 7.63. The van der Waals surface area contributed by atoms with Gasteiger partial charge in [0.25, 0.3) is 5.91 Å². The minimum atomic E-state index is -0.429. The van der Waals surface area contributed by atoms with Crippen LogP contribution in [0.25, 0.3) is 10.9 Å². The van der Waals surface area contributed by atoms with E-state index in [1.165, 1.54) is 0 Å². The molecule has 166 valence electrons. The maximum absolute atomic E-state index is 12.6. The van der Waals surface area contributed by atoms with Crippen molar-refractivity contribution in [3.63, 3.8) is 0 Å². The van der Waals surface area contributed by atoms with Gasteiger partial charge in [-0.15, -0.1) is 0 Å². The van der Waals surface area contributed by atoms with Crippen molar-refractivity contribution in [2.45, 2.75) is 32.6 Å². The van der Waals surface area contributed by atoms with Crippen LogP contribution in [0.4, 0.5) is 0 Å². The molecule has 0 aliphatic carbocycles. The molecule has 0 unspecified atom stereocenters. The van der Waals surface area contributed by atoms with Crippen LogP contribution < -0.4 is 10.1 Å². The third kappa shape index (κ3) is 5.71. The number of hydrogen-bond acceptors (Lipinski definition) is 5. The van der Waals surface area contributed by atoms with Gasteiger partial charge in [0, 0.05) is 44.1 Å². The van der Waals surface area contributed by atoms with E-state index in [-0.39, 0.29) is 24.1 Å². The monoisotopic (exact) mass is 426 g/mol. The molecule has 0 radical (unpaired) electrons. The smallest absolute Gasteiger partial charge is 0.270 e. The lowest BCUT2D eigenvalue weighted by Gasteiger charge is -2.35. The van der Waals surface area contributed by atoms with Crippen molar-refractivity contribution in [1.82, 2.24) is 20.1 Å². The minimum Gasteiger partial charge on any atom is -0.496 e. The molecule has 0 saturated carbocycles. The number of carbonyl (C=O) groups is 3. The van der Waals surface area contributed by atoms with Crippen LogP contribution in [0, 0.1) is 0 Å². The van der Waals surface area contributed by atoms with Gasteiger partial charge in [0.15, 0.2) is 0 Å². The van der Waals surface area contributed by atoms with E-state index in [1.54, 1.807) is 18.1 Å². The summed E-state index contributed by atoms with van der Waals surface area (Å²) in [5, 5.41) is 3.47. The molecule has 1 aliphatic rings. The zero-order chi connectivity index (χ0) is 22.2. The van der Waals surface area contributed by atoms with Gasteiger partial charge < -0.3 is 19.9 Å². The molecule has 1 fully saturated rings. The van der Waals surface area contributed by atoms with Crippen LogP contribution in [0.15, 0.2) is 30.3 Å². The number of unbranched alkanes of at least 4 members (excludes halogenated alkanes) is 2. The van der Waals surface area contributed by atoms with Crippen molar-refractivity contribution in [2.75, 3.05) is 39.8 Å². The zero-order valence-corrected chi connectivity index (χ0v) is 18.2. The molecule has 3 rings (SSSR count). The minimum absolute atomic E-state index is 0.111. The number of fused-ring (bicyclic) bond motifs is 1. The molecule has 1 saturated heterocycles. The highest BCUT2D eigenvalue weighted by Gasteiger charge is 2.24. The Bertz CT molecular complexity index is 938. The molecule has 1 aromatic heterocycles. The maximum Gasteiger partial charge on any atom is 0.270 e. The Hall–Kier alpha value is -3.16. The van der Waals surface area contributed by atoms with Gasteiger partial charge in [-0.25, -0.2) is 4.98 Å². The topological polar surface area (TPSA) is 91.8 Å². The number of benzene rings is 1. The quantitative estimate of drug-likeness (QED) is 0.654. The van der Waals surface area contributed by atoms with Crippen molar-refractivity contribution in [3.8, 4) is 5.75 Å². The van der Waals surface area contributed by atoms with Gasteiger partial charge >= 0.3 is 0 Å². The summed E-state index contributed by atoms with van der Waals surface area (Å²) in [6.45, 7) is 4.04. The van der Waals surface area contributed by atoms with Crippen molar-refractivity contribution in [3.05, 3.63) is 36.0 Å². The predicted molar refractivity (Wildman–Crippen MR) is 118 cm³/mol. The van der Waals surface area contributed by atoms with E-state index in [4.69, 9.17) is 4.74 Å². The number of carbonyl (C=O) groups excluding carboxylic acids is 3. The number of ether oxygens (including phenoxy) is 1. The summed E-state index contributed by atoms with van der Waals surface area (Å²) in [5.74, 6) is 0.119. The number of para-hydroxylation sites is 1. The lowest BCUT2D eigenvalue weighted by molar-refractivity contribution is -0.139. The number of piperazine rings is 1. The van der Waals surface area contributed by atoms with E-state index in [2.05, 4.69) is 17.2 Å². The Morgan fingerprint density at radius 2 is 1.71 bits per heavy atom. The molecular weight excluding hydrogens is 396 g/mol. The lowest BCUT2D eigenvalue weighted by atomic mass is 10.1. The molecule has 1 aromatic carbocycles. The summed E-state index contributed by atoms with van der Waals surface area (Å²) in [6, 6.07) is 8.98. The number of amides is 3. The largest absolute Gasteiger partial charge is 0.496 e. The first-order valence-corrected chi connectivity index (χ1v) is 10.8. The molecule has 0 spiro atoms. The molecule has 31 heavy (non-hydrogen) atoms. The summed E-state index contributed by atoms with van der Waals surface area (Å²) in [7, 11) is 1.54. The van der Waals surface area contributed by atoms with E-state index in [9.17, 15) is 14.4 Å². The Balaban J connectivity index is 1.50. The summed E-state index contributed by atoms with van der Waals surface area (Å²) in [5.41, 5.74) is 0.851. The van der Waals surface area contributed by atoms with Crippen LogP contribution in [0.5, 0.6) is 5.75 Å². The zero-order valence-electron chi connectivity index (χ0n) is 18.2. The third-order valence-corrected chi connectivity index (χ3v) is 5.51. The van der Waals surface area contributed by atoms with Gasteiger partial charge in [-0.1, -0.05) is 31.9 Å². The van der Waals surface area contributed by atoms with Gasteiger partial charge in [-0.05, 0) is 18.6 Å². The first-order chi connectivity index (χ1) is 15.0. The van der Waals surface area contributed by atoms with Crippen LogP contribution in [0.3, 0.4) is 0 Å². The van der Waals surface area contributed by atoms with Crippen LogP contribution in [0.2, 0.25) is 0 Å². The Kier molecular flexibility index (Phi) is 7.81. The lowest BCUT2D eigenvalue weighted by Crippen LogP contribution is -2.52. The molecule has 2 heterocycles. The Morgan fingerprint density at radius 1 is 1.03 bits per heavy atom. The van der Waals surface area contributed by atoms with Gasteiger partial charge in [0.2, 0.25) is 11.8 Å². The van der Waals surface area contributed by atoms with Crippen LogP contribution >= 0.6 is 0 Å². The molecule has 8 nitrogen and oxygen atoms in total. The standard InChI is InChI=1S/C23H30N4O4/c1-3-4-5-10-21(28)26-11-13-27(14-12-26)22(29)16-24-23(30)19-15-20(31-2)17-8-6-7-9-18(17)25-19/h6-9,15H,3-5,10-14,16H2,1-2H3,(H,24,30).